The monoisotopic (exact) mass is 248 g/mol. The molecule has 4 heteroatoms. The molecule has 0 amide bonds. The van der Waals surface area contributed by atoms with E-state index in [1.807, 2.05) is 13.0 Å². The van der Waals surface area contributed by atoms with Crippen LogP contribution in [0.5, 0.6) is 0 Å². The molecule has 0 radical (unpaired) electrons. The van der Waals surface area contributed by atoms with Crippen molar-refractivity contribution in [3.63, 3.8) is 0 Å². The van der Waals surface area contributed by atoms with Gasteiger partial charge in [0.15, 0.2) is 0 Å². The molecule has 0 rings (SSSR count). The minimum atomic E-state index is -3.85. The number of hydrogen-bond donors (Lipinski definition) is 1. The van der Waals surface area contributed by atoms with Gasteiger partial charge in [0.25, 0.3) is 10.1 Å². The second-order valence-corrected chi connectivity index (χ2v) is 5.90. The first-order valence-corrected chi connectivity index (χ1v) is 7.59. The van der Waals surface area contributed by atoms with Crippen LogP contribution in [-0.2, 0) is 10.1 Å². The number of rotatable bonds is 10. The van der Waals surface area contributed by atoms with Crippen molar-refractivity contribution in [2.24, 2.45) is 0 Å². The Hall–Kier alpha value is -0.350. The third-order valence-electron chi connectivity index (χ3n) is 2.74. The first-order chi connectivity index (χ1) is 7.52. The Morgan fingerprint density at radius 2 is 1.81 bits per heavy atom. The molecule has 0 aromatic heterocycles. The molecule has 16 heavy (non-hydrogen) atoms. The van der Waals surface area contributed by atoms with E-state index < -0.39 is 15.4 Å². The maximum atomic E-state index is 11.1. The summed E-state index contributed by atoms with van der Waals surface area (Å²) in [6.07, 6.45) is 8.75. The minimum Gasteiger partial charge on any atom is -0.285 e. The van der Waals surface area contributed by atoms with Gasteiger partial charge in [-0.05, 0) is 25.7 Å². The van der Waals surface area contributed by atoms with Gasteiger partial charge in [-0.2, -0.15) is 8.42 Å². The van der Waals surface area contributed by atoms with Crippen molar-refractivity contribution in [2.75, 3.05) is 0 Å². The lowest BCUT2D eigenvalue weighted by Crippen LogP contribution is -2.20. The SMILES string of the molecule is C=CCCCCCC(CCCC)S(=O)(=O)O. The van der Waals surface area contributed by atoms with Crippen LogP contribution in [0.2, 0.25) is 0 Å². The van der Waals surface area contributed by atoms with Gasteiger partial charge in [0, 0.05) is 0 Å². The summed E-state index contributed by atoms with van der Waals surface area (Å²) in [5, 5.41) is -0.559. The zero-order valence-electron chi connectivity index (χ0n) is 10.2. The molecule has 0 fully saturated rings. The first-order valence-electron chi connectivity index (χ1n) is 6.09. The fourth-order valence-corrected chi connectivity index (χ4v) is 2.64. The van der Waals surface area contributed by atoms with Crippen molar-refractivity contribution in [3.8, 4) is 0 Å². The molecule has 0 saturated heterocycles. The molecular weight excluding hydrogens is 224 g/mol. The summed E-state index contributed by atoms with van der Waals surface area (Å²) >= 11 is 0. The Kier molecular flexibility index (Phi) is 8.57. The van der Waals surface area contributed by atoms with Gasteiger partial charge < -0.3 is 0 Å². The summed E-state index contributed by atoms with van der Waals surface area (Å²) in [5.41, 5.74) is 0. The normalized spacial score (nSPS) is 13.6. The van der Waals surface area contributed by atoms with E-state index in [0.29, 0.717) is 12.8 Å². The molecule has 3 nitrogen and oxygen atoms in total. The molecule has 1 atom stereocenters. The Labute approximate surface area is 99.7 Å². The highest BCUT2D eigenvalue weighted by Gasteiger charge is 2.21. The molecule has 0 aliphatic carbocycles. The highest BCUT2D eigenvalue weighted by atomic mass is 32.2. The van der Waals surface area contributed by atoms with Gasteiger partial charge >= 0.3 is 0 Å². The molecule has 0 aromatic rings. The van der Waals surface area contributed by atoms with Crippen molar-refractivity contribution in [2.45, 2.75) is 63.5 Å². The molecule has 0 aliphatic heterocycles. The van der Waals surface area contributed by atoms with E-state index in [0.717, 1.165) is 38.5 Å². The molecule has 0 aromatic carbocycles. The fraction of sp³-hybridized carbons (Fsp3) is 0.833. The number of unbranched alkanes of at least 4 members (excludes halogenated alkanes) is 4. The average Bonchev–Trinajstić information content (AvgIpc) is 2.20. The van der Waals surface area contributed by atoms with Crippen LogP contribution in [0.4, 0.5) is 0 Å². The third-order valence-corrected chi connectivity index (χ3v) is 4.05. The second kappa shape index (κ2) is 8.76. The average molecular weight is 248 g/mol. The summed E-state index contributed by atoms with van der Waals surface area (Å²) < 4.78 is 31.3. The highest BCUT2D eigenvalue weighted by Crippen LogP contribution is 2.17. The standard InChI is InChI=1S/C12H24O3S/c1-3-5-7-8-9-11-12(10-6-4-2)16(13,14)15/h3,12H,1,4-11H2,2H3,(H,13,14,15). The zero-order valence-corrected chi connectivity index (χ0v) is 11.0. The Bertz CT molecular complexity index is 270. The van der Waals surface area contributed by atoms with Crippen LogP contribution < -0.4 is 0 Å². The van der Waals surface area contributed by atoms with Crippen LogP contribution in [0.15, 0.2) is 12.7 Å². The van der Waals surface area contributed by atoms with Crippen LogP contribution in [0.25, 0.3) is 0 Å². The van der Waals surface area contributed by atoms with Crippen LogP contribution in [-0.4, -0.2) is 18.2 Å². The van der Waals surface area contributed by atoms with E-state index in [1.54, 1.807) is 0 Å². The smallest absolute Gasteiger partial charge is 0.267 e. The quantitative estimate of drug-likeness (QED) is 0.365. The molecule has 0 spiro atoms. The Balaban J connectivity index is 3.88. The van der Waals surface area contributed by atoms with Crippen molar-refractivity contribution >= 4 is 10.1 Å². The Morgan fingerprint density at radius 3 is 2.31 bits per heavy atom. The van der Waals surface area contributed by atoms with Gasteiger partial charge in [-0.25, -0.2) is 0 Å². The predicted molar refractivity (Wildman–Crippen MR) is 68.1 cm³/mol. The minimum absolute atomic E-state index is 0.559. The molecule has 1 unspecified atom stereocenters. The van der Waals surface area contributed by atoms with Gasteiger partial charge in [0.1, 0.15) is 0 Å². The molecule has 0 aliphatic rings. The van der Waals surface area contributed by atoms with Crippen LogP contribution in [0, 0.1) is 0 Å². The van der Waals surface area contributed by atoms with E-state index in [9.17, 15) is 8.42 Å². The van der Waals surface area contributed by atoms with Crippen molar-refractivity contribution < 1.29 is 13.0 Å². The summed E-state index contributed by atoms with van der Waals surface area (Å²) in [4.78, 5) is 0. The third kappa shape index (κ3) is 7.88. The summed E-state index contributed by atoms with van der Waals surface area (Å²) in [6.45, 7) is 5.66. The summed E-state index contributed by atoms with van der Waals surface area (Å²) in [7, 11) is -3.85. The van der Waals surface area contributed by atoms with Gasteiger partial charge in [0.2, 0.25) is 0 Å². The molecule has 0 saturated carbocycles. The van der Waals surface area contributed by atoms with Crippen LogP contribution >= 0.6 is 0 Å². The van der Waals surface area contributed by atoms with E-state index in [-0.39, 0.29) is 0 Å². The molecule has 0 heterocycles. The van der Waals surface area contributed by atoms with Crippen molar-refractivity contribution in [1.29, 1.82) is 0 Å². The predicted octanol–water partition coefficient (Wildman–Crippen LogP) is 3.57. The van der Waals surface area contributed by atoms with E-state index in [1.165, 1.54) is 0 Å². The van der Waals surface area contributed by atoms with E-state index in [2.05, 4.69) is 6.58 Å². The van der Waals surface area contributed by atoms with Gasteiger partial charge in [-0.3, -0.25) is 4.55 Å². The largest absolute Gasteiger partial charge is 0.285 e. The highest BCUT2D eigenvalue weighted by molar-refractivity contribution is 7.86. The first kappa shape index (κ1) is 15.7. The van der Waals surface area contributed by atoms with Crippen LogP contribution in [0.1, 0.15) is 58.3 Å². The van der Waals surface area contributed by atoms with Gasteiger partial charge in [-0.15, -0.1) is 6.58 Å². The molecule has 1 N–H and O–H groups in total. The number of allylic oxidation sites excluding steroid dienone is 1. The lowest BCUT2D eigenvalue weighted by atomic mass is 10.1. The fourth-order valence-electron chi connectivity index (χ4n) is 1.71. The molecule has 0 bridgehead atoms. The molecule has 96 valence electrons. The maximum Gasteiger partial charge on any atom is 0.267 e. The lowest BCUT2D eigenvalue weighted by molar-refractivity contribution is 0.447. The van der Waals surface area contributed by atoms with Gasteiger partial charge in [-0.1, -0.05) is 38.7 Å². The maximum absolute atomic E-state index is 11.1. The van der Waals surface area contributed by atoms with E-state index >= 15 is 0 Å². The summed E-state index contributed by atoms with van der Waals surface area (Å²) in [5.74, 6) is 0. The molecular formula is C12H24O3S. The Morgan fingerprint density at radius 1 is 1.19 bits per heavy atom. The van der Waals surface area contributed by atoms with Gasteiger partial charge in [0.05, 0.1) is 5.25 Å². The van der Waals surface area contributed by atoms with Crippen molar-refractivity contribution in [3.05, 3.63) is 12.7 Å². The topological polar surface area (TPSA) is 54.4 Å². The van der Waals surface area contributed by atoms with Crippen LogP contribution in [0.3, 0.4) is 0 Å². The summed E-state index contributed by atoms with van der Waals surface area (Å²) in [6, 6.07) is 0. The second-order valence-electron chi connectivity index (χ2n) is 4.21. The van der Waals surface area contributed by atoms with Crippen molar-refractivity contribution in [1.82, 2.24) is 0 Å². The number of hydrogen-bond acceptors (Lipinski definition) is 2. The van der Waals surface area contributed by atoms with E-state index in [4.69, 9.17) is 4.55 Å². The zero-order chi connectivity index (χ0) is 12.4. The lowest BCUT2D eigenvalue weighted by Gasteiger charge is -2.12.